The predicted octanol–water partition coefficient (Wildman–Crippen LogP) is 3.11. The summed E-state index contributed by atoms with van der Waals surface area (Å²) in [5, 5.41) is 0. The lowest BCUT2D eigenvalue weighted by Gasteiger charge is -2.29. The van der Waals surface area contributed by atoms with E-state index in [0.29, 0.717) is 0 Å². The van der Waals surface area contributed by atoms with Gasteiger partial charge in [-0.25, -0.2) is 0 Å². The number of nitrogens with zero attached hydrogens (tertiary/aromatic N) is 3. The summed E-state index contributed by atoms with van der Waals surface area (Å²) in [7, 11) is 0. The second-order valence-electron chi connectivity index (χ2n) is 7.03. The minimum Gasteiger partial charge on any atom is -0.379 e. The van der Waals surface area contributed by atoms with E-state index >= 15 is 0 Å². The molecule has 0 spiro atoms. The van der Waals surface area contributed by atoms with Crippen LogP contribution in [0.4, 0.5) is 11.4 Å². The van der Waals surface area contributed by atoms with Crippen LogP contribution >= 0.6 is 0 Å². The van der Waals surface area contributed by atoms with Crippen molar-refractivity contribution in [1.29, 1.82) is 0 Å². The quantitative estimate of drug-likeness (QED) is 0.834. The lowest BCUT2D eigenvalue weighted by Crippen LogP contribution is -2.42. The molecule has 2 aromatic rings. The standard InChI is InChI=1S/C21H27N3O/c1-18-5-4-6-19(15-18)16-24-17-23(20-7-2-3-8-21(20)24)10-9-22-11-13-25-14-12-22/h2-8,15H,9-14,16-17H2,1H3. The number of morpholine rings is 1. The van der Waals surface area contributed by atoms with Gasteiger partial charge in [0.05, 0.1) is 31.3 Å². The van der Waals surface area contributed by atoms with E-state index < -0.39 is 0 Å². The Hall–Kier alpha value is -2.04. The van der Waals surface area contributed by atoms with E-state index in [-0.39, 0.29) is 0 Å². The van der Waals surface area contributed by atoms with Gasteiger partial charge < -0.3 is 14.5 Å². The molecule has 132 valence electrons. The summed E-state index contributed by atoms with van der Waals surface area (Å²) in [5.41, 5.74) is 5.42. The SMILES string of the molecule is Cc1cccc(CN2CN(CCN3CCOCC3)c3ccccc32)c1. The van der Waals surface area contributed by atoms with Crippen molar-refractivity contribution in [2.24, 2.45) is 0 Å². The predicted molar refractivity (Wildman–Crippen MR) is 103 cm³/mol. The van der Waals surface area contributed by atoms with Gasteiger partial charge in [-0.2, -0.15) is 0 Å². The average Bonchev–Trinajstić information content (AvgIpc) is 2.99. The Morgan fingerprint density at radius 2 is 1.64 bits per heavy atom. The molecule has 2 aliphatic heterocycles. The Labute approximate surface area is 150 Å². The van der Waals surface area contributed by atoms with Crippen LogP contribution in [-0.2, 0) is 11.3 Å². The molecule has 4 heteroatoms. The van der Waals surface area contributed by atoms with Crippen molar-refractivity contribution in [2.45, 2.75) is 13.5 Å². The molecule has 4 nitrogen and oxygen atoms in total. The molecule has 1 saturated heterocycles. The summed E-state index contributed by atoms with van der Waals surface area (Å²) in [4.78, 5) is 7.51. The van der Waals surface area contributed by atoms with Crippen molar-refractivity contribution in [3.8, 4) is 0 Å². The molecule has 0 saturated carbocycles. The fourth-order valence-electron chi connectivity index (χ4n) is 3.80. The Morgan fingerprint density at radius 1 is 0.880 bits per heavy atom. The van der Waals surface area contributed by atoms with Crippen molar-refractivity contribution < 1.29 is 4.74 Å². The van der Waals surface area contributed by atoms with Crippen LogP contribution in [0, 0.1) is 6.92 Å². The summed E-state index contributed by atoms with van der Waals surface area (Å²) < 4.78 is 5.46. The molecule has 1 fully saturated rings. The molecule has 0 atom stereocenters. The molecule has 2 aromatic carbocycles. The maximum absolute atomic E-state index is 5.46. The number of para-hydroxylation sites is 2. The maximum Gasteiger partial charge on any atom is 0.0908 e. The first-order chi connectivity index (χ1) is 12.3. The summed E-state index contributed by atoms with van der Waals surface area (Å²) in [6.45, 7) is 10.1. The molecule has 0 N–H and O–H groups in total. The van der Waals surface area contributed by atoms with Crippen molar-refractivity contribution in [3.63, 3.8) is 0 Å². The number of aryl methyl sites for hydroxylation is 1. The minimum atomic E-state index is 0.871. The number of benzene rings is 2. The van der Waals surface area contributed by atoms with Crippen molar-refractivity contribution in [1.82, 2.24) is 4.90 Å². The highest BCUT2D eigenvalue weighted by Gasteiger charge is 2.25. The maximum atomic E-state index is 5.46. The van der Waals surface area contributed by atoms with Gasteiger partial charge in [-0.3, -0.25) is 4.90 Å². The van der Waals surface area contributed by atoms with E-state index in [2.05, 4.69) is 70.2 Å². The summed E-state index contributed by atoms with van der Waals surface area (Å²) in [6, 6.07) is 17.6. The first kappa shape index (κ1) is 16.4. The summed E-state index contributed by atoms with van der Waals surface area (Å²) in [6.07, 6.45) is 0. The van der Waals surface area contributed by atoms with Gasteiger partial charge in [0.2, 0.25) is 0 Å². The summed E-state index contributed by atoms with van der Waals surface area (Å²) >= 11 is 0. The summed E-state index contributed by atoms with van der Waals surface area (Å²) in [5.74, 6) is 0. The molecular weight excluding hydrogens is 310 g/mol. The fourth-order valence-corrected chi connectivity index (χ4v) is 3.80. The number of hydrogen-bond donors (Lipinski definition) is 0. The lowest BCUT2D eigenvalue weighted by molar-refractivity contribution is 0.0392. The van der Waals surface area contributed by atoms with Crippen LogP contribution in [0.15, 0.2) is 48.5 Å². The Bertz CT molecular complexity index is 712. The highest BCUT2D eigenvalue weighted by atomic mass is 16.5. The van der Waals surface area contributed by atoms with Crippen molar-refractivity contribution in [2.75, 3.05) is 55.9 Å². The van der Waals surface area contributed by atoms with E-state index in [4.69, 9.17) is 4.74 Å². The molecule has 2 heterocycles. The Morgan fingerprint density at radius 3 is 2.40 bits per heavy atom. The monoisotopic (exact) mass is 337 g/mol. The minimum absolute atomic E-state index is 0.871. The Kier molecular flexibility index (Phi) is 4.90. The van der Waals surface area contributed by atoms with Crippen LogP contribution in [0.2, 0.25) is 0 Å². The van der Waals surface area contributed by atoms with E-state index in [1.54, 1.807) is 0 Å². The number of anilines is 2. The third-order valence-electron chi connectivity index (χ3n) is 5.15. The first-order valence-corrected chi connectivity index (χ1v) is 9.24. The van der Waals surface area contributed by atoms with Crippen LogP contribution in [0.1, 0.15) is 11.1 Å². The van der Waals surface area contributed by atoms with Crippen LogP contribution in [0.5, 0.6) is 0 Å². The Balaban J connectivity index is 1.45. The smallest absolute Gasteiger partial charge is 0.0908 e. The number of rotatable bonds is 5. The number of hydrogen-bond acceptors (Lipinski definition) is 4. The third-order valence-corrected chi connectivity index (χ3v) is 5.15. The van der Waals surface area contributed by atoms with Gasteiger partial charge in [-0.05, 0) is 24.6 Å². The van der Waals surface area contributed by atoms with Gasteiger partial charge in [0.25, 0.3) is 0 Å². The van der Waals surface area contributed by atoms with Crippen LogP contribution in [0.25, 0.3) is 0 Å². The number of fused-ring (bicyclic) bond motifs is 1. The second-order valence-corrected chi connectivity index (χ2v) is 7.03. The molecule has 0 amide bonds. The van der Waals surface area contributed by atoms with Gasteiger partial charge in [0, 0.05) is 32.7 Å². The molecule has 0 bridgehead atoms. The normalized spacial score (nSPS) is 17.8. The molecular formula is C21H27N3O. The molecule has 2 aliphatic rings. The molecule has 0 aromatic heterocycles. The lowest BCUT2D eigenvalue weighted by atomic mass is 10.1. The topological polar surface area (TPSA) is 19.0 Å². The molecule has 0 aliphatic carbocycles. The van der Waals surface area contributed by atoms with E-state index in [9.17, 15) is 0 Å². The zero-order valence-corrected chi connectivity index (χ0v) is 15.0. The van der Waals surface area contributed by atoms with Gasteiger partial charge in [0.15, 0.2) is 0 Å². The fraction of sp³-hybridized carbons (Fsp3) is 0.429. The van der Waals surface area contributed by atoms with Crippen LogP contribution in [0.3, 0.4) is 0 Å². The first-order valence-electron chi connectivity index (χ1n) is 9.24. The molecule has 4 rings (SSSR count). The zero-order chi connectivity index (χ0) is 17.1. The number of ether oxygens (including phenoxy) is 1. The highest BCUT2D eigenvalue weighted by molar-refractivity contribution is 5.76. The van der Waals surface area contributed by atoms with Crippen LogP contribution in [-0.4, -0.2) is 51.0 Å². The second kappa shape index (κ2) is 7.46. The highest BCUT2D eigenvalue weighted by Crippen LogP contribution is 2.36. The average molecular weight is 337 g/mol. The van der Waals surface area contributed by atoms with E-state index in [1.165, 1.54) is 22.5 Å². The van der Waals surface area contributed by atoms with Gasteiger partial charge >= 0.3 is 0 Å². The van der Waals surface area contributed by atoms with Gasteiger partial charge in [0.1, 0.15) is 0 Å². The third kappa shape index (κ3) is 3.80. The molecule has 25 heavy (non-hydrogen) atoms. The zero-order valence-electron chi connectivity index (χ0n) is 15.0. The van der Waals surface area contributed by atoms with E-state index in [1.807, 2.05) is 0 Å². The molecule has 0 radical (unpaired) electrons. The van der Waals surface area contributed by atoms with Crippen molar-refractivity contribution in [3.05, 3.63) is 59.7 Å². The largest absolute Gasteiger partial charge is 0.379 e. The van der Waals surface area contributed by atoms with Crippen molar-refractivity contribution >= 4 is 11.4 Å². The molecule has 0 unspecified atom stereocenters. The van der Waals surface area contributed by atoms with Gasteiger partial charge in [-0.1, -0.05) is 42.0 Å². The van der Waals surface area contributed by atoms with E-state index in [0.717, 1.165) is 52.6 Å². The van der Waals surface area contributed by atoms with Gasteiger partial charge in [-0.15, -0.1) is 0 Å². The van der Waals surface area contributed by atoms with Crippen LogP contribution < -0.4 is 9.80 Å².